The van der Waals surface area contributed by atoms with Gasteiger partial charge in [0.15, 0.2) is 0 Å². The smallest absolute Gasteiger partial charge is 0.248 e. The average Bonchev–Trinajstić information content (AvgIpc) is 2.68. The average molecular weight is 387 g/mol. The first-order valence-corrected chi connectivity index (χ1v) is 10.8. The van der Waals surface area contributed by atoms with Crippen LogP contribution in [0.3, 0.4) is 0 Å². The van der Waals surface area contributed by atoms with Gasteiger partial charge in [0.2, 0.25) is 15.9 Å². The quantitative estimate of drug-likeness (QED) is 0.828. The third kappa shape index (κ3) is 4.76. The molecule has 0 unspecified atom stereocenters. The van der Waals surface area contributed by atoms with Gasteiger partial charge in [-0.1, -0.05) is 29.8 Å². The monoisotopic (exact) mass is 386 g/mol. The summed E-state index contributed by atoms with van der Waals surface area (Å²) in [4.78, 5) is 11.4. The number of nitrogens with zero attached hydrogens (tertiary/aromatic N) is 1. The van der Waals surface area contributed by atoms with E-state index in [1.165, 1.54) is 35.4 Å². The second-order valence-corrected chi connectivity index (χ2v) is 9.20. The fourth-order valence-corrected chi connectivity index (χ4v) is 4.97. The Kier molecular flexibility index (Phi) is 5.97. The fourth-order valence-electron chi connectivity index (χ4n) is 3.50. The van der Waals surface area contributed by atoms with Crippen LogP contribution in [0, 0.1) is 12.8 Å². The molecular formula is C21H26N2O3S. The van der Waals surface area contributed by atoms with E-state index in [1.54, 1.807) is 4.31 Å². The van der Waals surface area contributed by atoms with Gasteiger partial charge in [0.25, 0.3) is 0 Å². The van der Waals surface area contributed by atoms with Gasteiger partial charge in [-0.3, -0.25) is 4.79 Å². The predicted octanol–water partition coefficient (Wildman–Crippen LogP) is 3.13. The first kappa shape index (κ1) is 19.6. The van der Waals surface area contributed by atoms with Crippen LogP contribution in [0.25, 0.3) is 0 Å². The van der Waals surface area contributed by atoms with E-state index < -0.39 is 15.9 Å². The third-order valence-electron chi connectivity index (χ3n) is 5.31. The van der Waals surface area contributed by atoms with Gasteiger partial charge in [-0.2, -0.15) is 4.31 Å². The van der Waals surface area contributed by atoms with Crippen LogP contribution in [-0.2, 0) is 16.4 Å². The van der Waals surface area contributed by atoms with Crippen LogP contribution in [0.4, 0.5) is 0 Å². The van der Waals surface area contributed by atoms with Crippen molar-refractivity contribution in [2.24, 2.45) is 11.7 Å². The molecule has 5 nitrogen and oxygen atoms in total. The molecule has 0 radical (unpaired) electrons. The third-order valence-corrected chi connectivity index (χ3v) is 7.22. The number of rotatable bonds is 6. The van der Waals surface area contributed by atoms with Gasteiger partial charge in [0, 0.05) is 18.7 Å². The molecule has 2 aromatic carbocycles. The zero-order valence-electron chi connectivity index (χ0n) is 15.6. The lowest BCUT2D eigenvalue weighted by atomic mass is 9.91. The standard InChI is InChI=1S/C21H26N2O3S/c1-16-2-4-17(5-3-16)6-7-18-12-14-23(15-13-18)27(25,26)20-10-8-19(9-11-20)21(22)24/h2-5,8-11,18H,6-7,12-15H2,1H3,(H2,22,24). The van der Waals surface area contributed by atoms with E-state index in [-0.39, 0.29) is 4.90 Å². The summed E-state index contributed by atoms with van der Waals surface area (Å²) in [5.41, 5.74) is 8.12. The Hall–Kier alpha value is -2.18. The van der Waals surface area contributed by atoms with Gasteiger partial charge in [0.1, 0.15) is 0 Å². The van der Waals surface area contributed by atoms with Crippen molar-refractivity contribution in [2.45, 2.75) is 37.5 Å². The number of benzene rings is 2. The Bertz CT molecular complexity index is 882. The summed E-state index contributed by atoms with van der Waals surface area (Å²) in [6.45, 7) is 3.16. The Balaban J connectivity index is 1.56. The number of nitrogens with two attached hydrogens (primary N) is 1. The van der Waals surface area contributed by atoms with E-state index in [1.807, 2.05) is 0 Å². The maximum Gasteiger partial charge on any atom is 0.248 e. The molecule has 1 aliphatic rings. The maximum absolute atomic E-state index is 12.8. The number of aryl methyl sites for hydroxylation is 2. The molecule has 27 heavy (non-hydrogen) atoms. The first-order chi connectivity index (χ1) is 12.9. The van der Waals surface area contributed by atoms with Crippen LogP contribution in [0.2, 0.25) is 0 Å². The Morgan fingerprint density at radius 3 is 2.19 bits per heavy atom. The van der Waals surface area contributed by atoms with E-state index in [0.717, 1.165) is 25.7 Å². The summed E-state index contributed by atoms with van der Waals surface area (Å²) >= 11 is 0. The zero-order valence-corrected chi connectivity index (χ0v) is 16.4. The van der Waals surface area contributed by atoms with Crippen molar-refractivity contribution >= 4 is 15.9 Å². The first-order valence-electron chi connectivity index (χ1n) is 9.32. The molecule has 0 bridgehead atoms. The molecule has 0 spiro atoms. The van der Waals surface area contributed by atoms with Crippen molar-refractivity contribution in [2.75, 3.05) is 13.1 Å². The minimum atomic E-state index is -3.52. The van der Waals surface area contributed by atoms with E-state index in [9.17, 15) is 13.2 Å². The summed E-state index contributed by atoms with van der Waals surface area (Å²) in [6, 6.07) is 14.4. The maximum atomic E-state index is 12.8. The summed E-state index contributed by atoms with van der Waals surface area (Å²) in [5.74, 6) is -0.0108. The lowest BCUT2D eigenvalue weighted by molar-refractivity contribution is 0.1000. The molecular weight excluding hydrogens is 360 g/mol. The minimum Gasteiger partial charge on any atom is -0.366 e. The van der Waals surface area contributed by atoms with Gasteiger partial charge in [-0.25, -0.2) is 8.42 Å². The molecule has 144 valence electrons. The highest BCUT2D eigenvalue weighted by Crippen LogP contribution is 2.27. The van der Waals surface area contributed by atoms with Crippen LogP contribution in [-0.4, -0.2) is 31.7 Å². The summed E-state index contributed by atoms with van der Waals surface area (Å²) in [6.07, 6.45) is 3.88. The van der Waals surface area contributed by atoms with Crippen molar-refractivity contribution < 1.29 is 13.2 Å². The molecule has 0 aromatic heterocycles. The molecule has 6 heteroatoms. The molecule has 2 aromatic rings. The topological polar surface area (TPSA) is 80.5 Å². The van der Waals surface area contributed by atoms with Crippen molar-refractivity contribution in [3.8, 4) is 0 Å². The molecule has 0 aliphatic carbocycles. The number of primary amides is 1. The van der Waals surface area contributed by atoms with Gasteiger partial charge in [0.05, 0.1) is 4.90 Å². The van der Waals surface area contributed by atoms with Crippen molar-refractivity contribution in [1.29, 1.82) is 0 Å². The second kappa shape index (κ2) is 8.23. The number of hydrogen-bond donors (Lipinski definition) is 1. The highest BCUT2D eigenvalue weighted by Gasteiger charge is 2.29. The van der Waals surface area contributed by atoms with E-state index in [2.05, 4.69) is 31.2 Å². The SMILES string of the molecule is Cc1ccc(CCC2CCN(S(=O)(=O)c3ccc(C(N)=O)cc3)CC2)cc1. The van der Waals surface area contributed by atoms with E-state index in [0.29, 0.717) is 24.6 Å². The summed E-state index contributed by atoms with van der Waals surface area (Å²) < 4.78 is 27.1. The van der Waals surface area contributed by atoms with Gasteiger partial charge in [-0.05, 0) is 68.4 Å². The zero-order chi connectivity index (χ0) is 19.4. The Morgan fingerprint density at radius 2 is 1.63 bits per heavy atom. The molecule has 1 amide bonds. The number of carbonyl (C=O) groups excluding carboxylic acids is 1. The largest absolute Gasteiger partial charge is 0.366 e. The molecule has 2 N–H and O–H groups in total. The normalized spacial score (nSPS) is 16.3. The highest BCUT2D eigenvalue weighted by atomic mass is 32.2. The lowest BCUT2D eigenvalue weighted by Crippen LogP contribution is -2.38. The van der Waals surface area contributed by atoms with Crippen LogP contribution < -0.4 is 5.73 Å². The minimum absolute atomic E-state index is 0.214. The fraction of sp³-hybridized carbons (Fsp3) is 0.381. The Morgan fingerprint density at radius 1 is 1.04 bits per heavy atom. The molecule has 0 saturated carbocycles. The molecule has 1 heterocycles. The number of sulfonamides is 1. The molecule has 0 atom stereocenters. The number of amides is 1. The number of hydrogen-bond acceptors (Lipinski definition) is 3. The molecule has 3 rings (SSSR count). The summed E-state index contributed by atoms with van der Waals surface area (Å²) in [7, 11) is -3.52. The van der Waals surface area contributed by atoms with Crippen molar-refractivity contribution in [1.82, 2.24) is 4.31 Å². The number of carbonyl (C=O) groups is 1. The predicted molar refractivity (Wildman–Crippen MR) is 106 cm³/mol. The van der Waals surface area contributed by atoms with Crippen LogP contribution in [0.5, 0.6) is 0 Å². The molecule has 1 aliphatic heterocycles. The van der Waals surface area contributed by atoms with E-state index >= 15 is 0 Å². The second-order valence-electron chi connectivity index (χ2n) is 7.26. The number of piperidine rings is 1. The van der Waals surface area contributed by atoms with Crippen molar-refractivity contribution in [3.63, 3.8) is 0 Å². The van der Waals surface area contributed by atoms with Crippen LogP contribution >= 0.6 is 0 Å². The molecule has 1 fully saturated rings. The van der Waals surface area contributed by atoms with Gasteiger partial charge < -0.3 is 5.73 Å². The van der Waals surface area contributed by atoms with E-state index in [4.69, 9.17) is 5.73 Å². The summed E-state index contributed by atoms with van der Waals surface area (Å²) in [5, 5.41) is 0. The highest BCUT2D eigenvalue weighted by molar-refractivity contribution is 7.89. The molecule has 1 saturated heterocycles. The van der Waals surface area contributed by atoms with Crippen LogP contribution in [0.15, 0.2) is 53.4 Å². The van der Waals surface area contributed by atoms with Gasteiger partial charge >= 0.3 is 0 Å². The van der Waals surface area contributed by atoms with Crippen molar-refractivity contribution in [3.05, 3.63) is 65.2 Å². The van der Waals surface area contributed by atoms with Gasteiger partial charge in [-0.15, -0.1) is 0 Å². The lowest BCUT2D eigenvalue weighted by Gasteiger charge is -2.31. The Labute approximate surface area is 161 Å². The van der Waals surface area contributed by atoms with Crippen LogP contribution in [0.1, 0.15) is 40.7 Å².